The molecule has 4 nitrogen and oxygen atoms in total. The van der Waals surface area contributed by atoms with Crippen LogP contribution in [0.2, 0.25) is 0 Å². The van der Waals surface area contributed by atoms with Crippen LogP contribution in [0.15, 0.2) is 23.2 Å². The number of isocyanates is 1. The molecule has 0 saturated carbocycles. The maximum absolute atomic E-state index is 10.2. The van der Waals surface area contributed by atoms with Crippen molar-refractivity contribution >= 4 is 23.5 Å². The first-order chi connectivity index (χ1) is 7.83. The van der Waals surface area contributed by atoms with E-state index in [-0.39, 0.29) is 6.10 Å². The van der Waals surface area contributed by atoms with E-state index < -0.39 is 0 Å². The molecule has 0 atom stereocenters. The molecule has 1 aliphatic rings. The van der Waals surface area contributed by atoms with Gasteiger partial charge in [-0.3, -0.25) is 0 Å². The molecule has 1 saturated heterocycles. The molecule has 1 heterocycles. The van der Waals surface area contributed by atoms with Crippen LogP contribution < -0.4 is 9.47 Å². The zero-order valence-corrected chi connectivity index (χ0v) is 9.62. The van der Waals surface area contributed by atoms with Gasteiger partial charge in [0, 0.05) is 17.6 Å². The number of rotatable bonds is 4. The van der Waals surface area contributed by atoms with Crippen molar-refractivity contribution in [3.63, 3.8) is 0 Å². The standard InChI is InChI=1S/C11H11NO3S/c1-14-10-3-2-8(12-7-13)4-11(10)15-9-5-16-6-9/h2-4,9H,5-6H2,1H3. The summed E-state index contributed by atoms with van der Waals surface area (Å²) in [7, 11) is 1.58. The predicted molar refractivity (Wildman–Crippen MR) is 62.5 cm³/mol. The van der Waals surface area contributed by atoms with E-state index in [4.69, 9.17) is 9.47 Å². The molecule has 1 aliphatic heterocycles. The molecule has 0 spiro atoms. The molecule has 1 aromatic carbocycles. The second-order valence-corrected chi connectivity index (χ2v) is 4.39. The average Bonchev–Trinajstić information content (AvgIpc) is 2.24. The summed E-state index contributed by atoms with van der Waals surface area (Å²) in [6.07, 6.45) is 1.74. The topological polar surface area (TPSA) is 47.9 Å². The Morgan fingerprint density at radius 1 is 1.44 bits per heavy atom. The van der Waals surface area contributed by atoms with Crippen LogP contribution in [0.25, 0.3) is 0 Å². The zero-order valence-electron chi connectivity index (χ0n) is 8.80. The molecular formula is C11H11NO3S. The van der Waals surface area contributed by atoms with E-state index >= 15 is 0 Å². The minimum Gasteiger partial charge on any atom is -0.493 e. The van der Waals surface area contributed by atoms with Crippen molar-refractivity contribution in [1.82, 2.24) is 0 Å². The average molecular weight is 237 g/mol. The summed E-state index contributed by atoms with van der Waals surface area (Å²) < 4.78 is 10.9. The van der Waals surface area contributed by atoms with Crippen molar-refractivity contribution < 1.29 is 14.3 Å². The largest absolute Gasteiger partial charge is 0.493 e. The minimum atomic E-state index is 0.231. The van der Waals surface area contributed by atoms with Gasteiger partial charge in [-0.1, -0.05) is 0 Å². The van der Waals surface area contributed by atoms with Gasteiger partial charge in [0.15, 0.2) is 11.5 Å². The van der Waals surface area contributed by atoms with E-state index in [0.29, 0.717) is 17.2 Å². The Bertz CT molecular complexity index is 425. The fourth-order valence-corrected chi connectivity index (χ4v) is 1.91. The van der Waals surface area contributed by atoms with Gasteiger partial charge in [-0.05, 0) is 12.1 Å². The second-order valence-electron chi connectivity index (χ2n) is 3.32. The first-order valence-electron chi connectivity index (χ1n) is 4.84. The first kappa shape index (κ1) is 11.0. The Labute approximate surface area is 97.7 Å². The maximum atomic E-state index is 10.2. The molecule has 5 heteroatoms. The van der Waals surface area contributed by atoms with Gasteiger partial charge in [0.05, 0.1) is 12.8 Å². The van der Waals surface area contributed by atoms with E-state index in [0.717, 1.165) is 11.5 Å². The highest BCUT2D eigenvalue weighted by atomic mass is 32.2. The van der Waals surface area contributed by atoms with Crippen LogP contribution in [0.4, 0.5) is 5.69 Å². The Kier molecular flexibility index (Phi) is 3.49. The fourth-order valence-electron chi connectivity index (χ4n) is 1.34. The molecule has 84 valence electrons. The SMILES string of the molecule is COc1ccc(N=C=O)cc1OC1CSC1. The molecule has 0 aliphatic carbocycles. The van der Waals surface area contributed by atoms with Crippen LogP contribution >= 0.6 is 11.8 Å². The summed E-state index contributed by atoms with van der Waals surface area (Å²) in [4.78, 5) is 13.7. The van der Waals surface area contributed by atoms with Crippen molar-refractivity contribution in [3.05, 3.63) is 18.2 Å². The number of methoxy groups -OCH3 is 1. The van der Waals surface area contributed by atoms with Gasteiger partial charge in [0.1, 0.15) is 6.10 Å². The number of ether oxygens (including phenoxy) is 2. The van der Waals surface area contributed by atoms with Crippen molar-refractivity contribution in [2.45, 2.75) is 6.10 Å². The number of carbonyl (C=O) groups excluding carboxylic acids is 1. The molecular weight excluding hydrogens is 226 g/mol. The van der Waals surface area contributed by atoms with Crippen LogP contribution in [0.5, 0.6) is 11.5 Å². The Balaban J connectivity index is 2.22. The first-order valence-corrected chi connectivity index (χ1v) is 5.99. The van der Waals surface area contributed by atoms with Gasteiger partial charge in [0.25, 0.3) is 0 Å². The summed E-state index contributed by atoms with van der Waals surface area (Å²) in [5.41, 5.74) is 0.526. The monoisotopic (exact) mass is 237 g/mol. The molecule has 0 unspecified atom stereocenters. The number of nitrogens with zero attached hydrogens (tertiary/aromatic N) is 1. The number of aliphatic imine (C=N–C) groups is 1. The summed E-state index contributed by atoms with van der Waals surface area (Å²) >= 11 is 1.84. The summed E-state index contributed by atoms with van der Waals surface area (Å²) in [6.45, 7) is 0. The van der Waals surface area contributed by atoms with Crippen LogP contribution in [-0.4, -0.2) is 30.8 Å². The van der Waals surface area contributed by atoms with Crippen LogP contribution in [0, 0.1) is 0 Å². The number of hydrogen-bond acceptors (Lipinski definition) is 5. The number of benzene rings is 1. The van der Waals surface area contributed by atoms with Crippen LogP contribution in [0.3, 0.4) is 0 Å². The zero-order chi connectivity index (χ0) is 11.4. The van der Waals surface area contributed by atoms with Crippen LogP contribution in [-0.2, 0) is 4.79 Å². The lowest BCUT2D eigenvalue weighted by molar-refractivity contribution is 0.228. The maximum Gasteiger partial charge on any atom is 0.240 e. The molecule has 0 radical (unpaired) electrons. The third-order valence-corrected chi connectivity index (χ3v) is 3.44. The third kappa shape index (κ3) is 2.38. The van der Waals surface area contributed by atoms with Crippen molar-refractivity contribution in [2.24, 2.45) is 4.99 Å². The minimum absolute atomic E-state index is 0.231. The Morgan fingerprint density at radius 2 is 2.25 bits per heavy atom. The highest BCUT2D eigenvalue weighted by Gasteiger charge is 2.21. The molecule has 1 fully saturated rings. The molecule has 0 amide bonds. The fraction of sp³-hybridized carbons (Fsp3) is 0.364. The normalized spacial score (nSPS) is 14.8. The third-order valence-electron chi connectivity index (χ3n) is 2.22. The molecule has 2 rings (SSSR count). The van der Waals surface area contributed by atoms with Gasteiger partial charge in [-0.25, -0.2) is 4.79 Å². The van der Waals surface area contributed by atoms with Crippen molar-refractivity contribution in [3.8, 4) is 11.5 Å². The summed E-state index contributed by atoms with van der Waals surface area (Å²) in [6, 6.07) is 5.11. The van der Waals surface area contributed by atoms with Crippen molar-refractivity contribution in [2.75, 3.05) is 18.6 Å². The van der Waals surface area contributed by atoms with Gasteiger partial charge in [0.2, 0.25) is 6.08 Å². The smallest absolute Gasteiger partial charge is 0.240 e. The summed E-state index contributed by atoms with van der Waals surface area (Å²) in [5, 5.41) is 0. The van der Waals surface area contributed by atoms with E-state index in [2.05, 4.69) is 4.99 Å². The van der Waals surface area contributed by atoms with Gasteiger partial charge in [-0.15, -0.1) is 0 Å². The Morgan fingerprint density at radius 3 is 2.81 bits per heavy atom. The number of hydrogen-bond donors (Lipinski definition) is 0. The quantitative estimate of drug-likeness (QED) is 0.594. The lowest BCUT2D eigenvalue weighted by Gasteiger charge is -2.26. The van der Waals surface area contributed by atoms with Gasteiger partial charge < -0.3 is 9.47 Å². The molecule has 0 bridgehead atoms. The molecule has 0 aromatic heterocycles. The number of thioether (sulfide) groups is 1. The van der Waals surface area contributed by atoms with E-state index in [1.165, 1.54) is 6.08 Å². The van der Waals surface area contributed by atoms with E-state index in [9.17, 15) is 4.79 Å². The molecule has 0 N–H and O–H groups in total. The highest BCUT2D eigenvalue weighted by molar-refractivity contribution is 8.00. The van der Waals surface area contributed by atoms with E-state index in [1.54, 1.807) is 25.3 Å². The lowest BCUT2D eigenvalue weighted by Crippen LogP contribution is -2.31. The highest BCUT2D eigenvalue weighted by Crippen LogP contribution is 2.34. The Hall–Kier alpha value is -1.45. The lowest BCUT2D eigenvalue weighted by atomic mass is 10.2. The second kappa shape index (κ2) is 5.05. The predicted octanol–water partition coefficient (Wildman–Crippen LogP) is 2.16. The van der Waals surface area contributed by atoms with Gasteiger partial charge in [-0.2, -0.15) is 16.8 Å². The molecule has 1 aromatic rings. The summed E-state index contributed by atoms with van der Waals surface area (Å²) in [5.74, 6) is 3.26. The molecule has 16 heavy (non-hydrogen) atoms. The van der Waals surface area contributed by atoms with Crippen molar-refractivity contribution in [1.29, 1.82) is 0 Å². The van der Waals surface area contributed by atoms with E-state index in [1.807, 2.05) is 11.8 Å². The van der Waals surface area contributed by atoms with Crippen LogP contribution in [0.1, 0.15) is 0 Å². The van der Waals surface area contributed by atoms with Gasteiger partial charge >= 0.3 is 0 Å².